The first-order chi connectivity index (χ1) is 8.85. The average Bonchev–Trinajstić information content (AvgIpc) is 2.46. The van der Waals surface area contributed by atoms with Gasteiger partial charge in [-0.15, -0.1) is 0 Å². The second kappa shape index (κ2) is 7.27. The van der Waals surface area contributed by atoms with Crippen LogP contribution in [0.25, 0.3) is 0 Å². The molecule has 1 heterocycles. The van der Waals surface area contributed by atoms with E-state index in [1.807, 2.05) is 6.07 Å². The van der Waals surface area contributed by atoms with Gasteiger partial charge in [-0.05, 0) is 30.2 Å². The Morgan fingerprint density at radius 3 is 2.56 bits per heavy atom. The van der Waals surface area contributed by atoms with Gasteiger partial charge in [0.25, 0.3) is 0 Å². The fourth-order valence-corrected chi connectivity index (χ4v) is 3.15. The zero-order chi connectivity index (χ0) is 12.7. The summed E-state index contributed by atoms with van der Waals surface area (Å²) in [4.78, 5) is 0. The summed E-state index contributed by atoms with van der Waals surface area (Å²) < 4.78 is 11.2. The number of ether oxygens (including phenoxy) is 2. The molecule has 18 heavy (non-hydrogen) atoms. The minimum Gasteiger partial charge on any atom is -0.381 e. The van der Waals surface area contributed by atoms with Crippen molar-refractivity contribution in [1.82, 2.24) is 0 Å². The minimum absolute atomic E-state index is 0.384. The summed E-state index contributed by atoms with van der Waals surface area (Å²) in [6, 6.07) is 10.4. The van der Waals surface area contributed by atoms with Gasteiger partial charge in [-0.3, -0.25) is 0 Å². The normalized spacial score (nSPS) is 18.7. The summed E-state index contributed by atoms with van der Waals surface area (Å²) in [6.07, 6.45) is 3.41. The standard InChI is InChI=1S/C15H21BrO2/c16-13-15(6-9-17-10-7-15)8-11-18-12-14-4-2-1-3-5-14/h1-5H,6-13H2. The van der Waals surface area contributed by atoms with E-state index in [1.165, 1.54) is 5.56 Å². The summed E-state index contributed by atoms with van der Waals surface area (Å²) in [7, 11) is 0. The van der Waals surface area contributed by atoms with Gasteiger partial charge in [0.2, 0.25) is 0 Å². The molecule has 2 rings (SSSR count). The van der Waals surface area contributed by atoms with Crippen LogP contribution in [0, 0.1) is 5.41 Å². The third kappa shape index (κ3) is 4.08. The van der Waals surface area contributed by atoms with Crippen LogP contribution in [0.15, 0.2) is 30.3 Å². The SMILES string of the molecule is BrCC1(CCOCc2ccccc2)CCOCC1. The van der Waals surface area contributed by atoms with Gasteiger partial charge in [-0.1, -0.05) is 46.3 Å². The molecule has 1 saturated heterocycles. The Morgan fingerprint density at radius 1 is 1.17 bits per heavy atom. The number of alkyl halides is 1. The van der Waals surface area contributed by atoms with Crippen LogP contribution in [0.1, 0.15) is 24.8 Å². The maximum atomic E-state index is 5.79. The molecule has 0 aliphatic carbocycles. The van der Waals surface area contributed by atoms with Gasteiger partial charge in [0.15, 0.2) is 0 Å². The van der Waals surface area contributed by atoms with Gasteiger partial charge in [-0.2, -0.15) is 0 Å². The van der Waals surface area contributed by atoms with E-state index in [0.717, 1.165) is 51.0 Å². The molecule has 0 bridgehead atoms. The van der Waals surface area contributed by atoms with Crippen LogP contribution >= 0.6 is 15.9 Å². The van der Waals surface area contributed by atoms with Gasteiger partial charge in [0, 0.05) is 25.2 Å². The average molecular weight is 313 g/mol. The Hall–Kier alpha value is -0.380. The van der Waals surface area contributed by atoms with Gasteiger partial charge in [-0.25, -0.2) is 0 Å². The van der Waals surface area contributed by atoms with Gasteiger partial charge < -0.3 is 9.47 Å². The summed E-state index contributed by atoms with van der Waals surface area (Å²) in [5.74, 6) is 0. The number of benzene rings is 1. The van der Waals surface area contributed by atoms with E-state index < -0.39 is 0 Å². The molecule has 0 radical (unpaired) electrons. The maximum Gasteiger partial charge on any atom is 0.0716 e. The minimum atomic E-state index is 0.384. The zero-order valence-corrected chi connectivity index (χ0v) is 12.3. The number of hydrogen-bond donors (Lipinski definition) is 0. The molecule has 1 aromatic carbocycles. The predicted molar refractivity (Wildman–Crippen MR) is 77.0 cm³/mol. The van der Waals surface area contributed by atoms with Crippen LogP contribution in [0.2, 0.25) is 0 Å². The molecule has 0 atom stereocenters. The number of halogens is 1. The van der Waals surface area contributed by atoms with Gasteiger partial charge in [0.05, 0.1) is 6.61 Å². The molecule has 0 aromatic heterocycles. The third-order valence-electron chi connectivity index (χ3n) is 3.73. The fourth-order valence-electron chi connectivity index (χ4n) is 2.31. The van der Waals surface area contributed by atoms with Crippen LogP contribution in [-0.4, -0.2) is 25.2 Å². The van der Waals surface area contributed by atoms with Crippen LogP contribution in [0.4, 0.5) is 0 Å². The smallest absolute Gasteiger partial charge is 0.0716 e. The highest BCUT2D eigenvalue weighted by Crippen LogP contribution is 2.35. The van der Waals surface area contributed by atoms with E-state index in [0.29, 0.717) is 5.41 Å². The molecule has 1 aliphatic rings. The monoisotopic (exact) mass is 312 g/mol. The van der Waals surface area contributed by atoms with Crippen molar-refractivity contribution in [3.8, 4) is 0 Å². The second-order valence-electron chi connectivity index (χ2n) is 5.03. The molecule has 1 aliphatic heterocycles. The zero-order valence-electron chi connectivity index (χ0n) is 10.7. The first-order valence-electron chi connectivity index (χ1n) is 6.60. The van der Waals surface area contributed by atoms with Crippen molar-refractivity contribution < 1.29 is 9.47 Å². The van der Waals surface area contributed by atoms with Crippen LogP contribution in [0.3, 0.4) is 0 Å². The van der Waals surface area contributed by atoms with Crippen molar-refractivity contribution in [1.29, 1.82) is 0 Å². The van der Waals surface area contributed by atoms with Crippen molar-refractivity contribution in [2.45, 2.75) is 25.9 Å². The lowest BCUT2D eigenvalue weighted by molar-refractivity contribution is 0.00353. The summed E-state index contributed by atoms with van der Waals surface area (Å²) in [5.41, 5.74) is 1.63. The predicted octanol–water partition coefficient (Wildman–Crippen LogP) is 3.79. The van der Waals surface area contributed by atoms with E-state index >= 15 is 0 Å². The lowest BCUT2D eigenvalue weighted by atomic mass is 9.80. The summed E-state index contributed by atoms with van der Waals surface area (Å²) in [5, 5.41) is 1.05. The van der Waals surface area contributed by atoms with Crippen LogP contribution < -0.4 is 0 Å². The molecule has 1 fully saturated rings. The first kappa shape index (κ1) is 14.0. The molecule has 0 spiro atoms. The fraction of sp³-hybridized carbons (Fsp3) is 0.600. The molecule has 1 aromatic rings. The van der Waals surface area contributed by atoms with E-state index in [2.05, 4.69) is 40.2 Å². The Kier molecular flexibility index (Phi) is 5.67. The van der Waals surface area contributed by atoms with E-state index in [9.17, 15) is 0 Å². The molecule has 0 saturated carbocycles. The van der Waals surface area contributed by atoms with Crippen molar-refractivity contribution in [2.24, 2.45) is 5.41 Å². The summed E-state index contributed by atoms with van der Waals surface area (Å²) in [6.45, 7) is 3.34. The molecule has 0 N–H and O–H groups in total. The van der Waals surface area contributed by atoms with E-state index in [-0.39, 0.29) is 0 Å². The lowest BCUT2D eigenvalue weighted by Crippen LogP contribution is -2.32. The molecule has 3 heteroatoms. The molecule has 0 unspecified atom stereocenters. The highest BCUT2D eigenvalue weighted by Gasteiger charge is 2.30. The maximum absolute atomic E-state index is 5.79. The van der Waals surface area contributed by atoms with E-state index in [1.54, 1.807) is 0 Å². The Bertz CT molecular complexity index is 334. The first-order valence-corrected chi connectivity index (χ1v) is 7.72. The number of hydrogen-bond acceptors (Lipinski definition) is 2. The van der Waals surface area contributed by atoms with Crippen molar-refractivity contribution in [3.63, 3.8) is 0 Å². The van der Waals surface area contributed by atoms with Crippen molar-refractivity contribution in [3.05, 3.63) is 35.9 Å². The Labute approximate surface area is 118 Å². The topological polar surface area (TPSA) is 18.5 Å². The Balaban J connectivity index is 1.71. The highest BCUT2D eigenvalue weighted by atomic mass is 79.9. The van der Waals surface area contributed by atoms with Gasteiger partial charge >= 0.3 is 0 Å². The van der Waals surface area contributed by atoms with Crippen molar-refractivity contribution in [2.75, 3.05) is 25.2 Å². The molecular formula is C15H21BrO2. The molecule has 2 nitrogen and oxygen atoms in total. The van der Waals surface area contributed by atoms with Crippen LogP contribution in [-0.2, 0) is 16.1 Å². The second-order valence-corrected chi connectivity index (χ2v) is 5.59. The number of rotatable bonds is 6. The van der Waals surface area contributed by atoms with Crippen molar-refractivity contribution >= 4 is 15.9 Å². The summed E-state index contributed by atoms with van der Waals surface area (Å²) >= 11 is 3.65. The van der Waals surface area contributed by atoms with E-state index in [4.69, 9.17) is 9.47 Å². The highest BCUT2D eigenvalue weighted by molar-refractivity contribution is 9.09. The van der Waals surface area contributed by atoms with Gasteiger partial charge in [0.1, 0.15) is 0 Å². The van der Waals surface area contributed by atoms with Crippen LogP contribution in [0.5, 0.6) is 0 Å². The quantitative estimate of drug-likeness (QED) is 0.588. The lowest BCUT2D eigenvalue weighted by Gasteiger charge is -2.35. The third-order valence-corrected chi connectivity index (χ3v) is 4.91. The molecule has 100 valence electrons. The molecule has 0 amide bonds. The largest absolute Gasteiger partial charge is 0.381 e. The Morgan fingerprint density at radius 2 is 1.89 bits per heavy atom. The molecular weight excluding hydrogens is 292 g/mol.